The highest BCUT2D eigenvalue weighted by Crippen LogP contribution is 2.39. The molecule has 0 rings (SSSR count). The Labute approximate surface area is 57.0 Å². The van der Waals surface area contributed by atoms with Crippen molar-refractivity contribution in [3.8, 4) is 0 Å². The largest absolute Gasteiger partial charge is 0.395 e. The lowest BCUT2D eigenvalue weighted by atomic mass is 10.2. The maximum atomic E-state index is 11.5. The van der Waals surface area contributed by atoms with Crippen LogP contribution in [0.1, 0.15) is 6.42 Å². The number of hydrogen-bond acceptors (Lipinski definition) is 0. The summed E-state index contributed by atoms with van der Waals surface area (Å²) in [5.41, 5.74) is 0. The van der Waals surface area contributed by atoms with Gasteiger partial charge in [0.2, 0.25) is 0 Å². The minimum Gasteiger partial charge on any atom is -0.199 e. The van der Waals surface area contributed by atoms with Gasteiger partial charge in [-0.25, -0.2) is 0 Å². The second-order valence-corrected chi connectivity index (χ2v) is 1.76. The summed E-state index contributed by atoms with van der Waals surface area (Å²) < 4.78 is 78.3. The first kappa shape index (κ1) is 10.5. The SMILES string of the molecule is F[C](F)C(F)(F)CC(F)(F)F. The van der Waals surface area contributed by atoms with Gasteiger partial charge < -0.3 is 0 Å². The number of halogens is 7. The van der Waals surface area contributed by atoms with E-state index >= 15 is 0 Å². The maximum absolute atomic E-state index is 11.5. The fourth-order valence-electron chi connectivity index (χ4n) is 0.319. The van der Waals surface area contributed by atoms with E-state index in [4.69, 9.17) is 0 Å². The van der Waals surface area contributed by atoms with Crippen LogP contribution >= 0.6 is 0 Å². The summed E-state index contributed by atoms with van der Waals surface area (Å²) >= 11 is 0. The average molecular weight is 183 g/mol. The Morgan fingerprint density at radius 2 is 1.27 bits per heavy atom. The fourth-order valence-corrected chi connectivity index (χ4v) is 0.319. The third-order valence-corrected chi connectivity index (χ3v) is 0.699. The highest BCUT2D eigenvalue weighted by Gasteiger charge is 2.51. The lowest BCUT2D eigenvalue weighted by Crippen LogP contribution is -2.28. The summed E-state index contributed by atoms with van der Waals surface area (Å²) in [6, 6.07) is 0. The first-order chi connectivity index (χ1) is 4.65. The quantitative estimate of drug-likeness (QED) is 0.577. The molecule has 1 radical (unpaired) electrons. The monoisotopic (exact) mass is 183 g/mol. The van der Waals surface area contributed by atoms with E-state index in [1.807, 2.05) is 0 Å². The van der Waals surface area contributed by atoms with Gasteiger partial charge >= 0.3 is 18.5 Å². The summed E-state index contributed by atoms with van der Waals surface area (Å²) in [7, 11) is 0. The molecule has 0 aliphatic heterocycles. The van der Waals surface area contributed by atoms with Gasteiger partial charge in [-0.2, -0.15) is 30.7 Å². The summed E-state index contributed by atoms with van der Waals surface area (Å²) in [6.07, 6.45) is -11.6. The topological polar surface area (TPSA) is 0 Å². The third kappa shape index (κ3) is 4.05. The van der Waals surface area contributed by atoms with Crippen molar-refractivity contribution in [2.24, 2.45) is 0 Å². The Morgan fingerprint density at radius 3 is 1.36 bits per heavy atom. The molecule has 0 aliphatic carbocycles. The highest BCUT2D eigenvalue weighted by molar-refractivity contribution is 4.85. The van der Waals surface area contributed by atoms with Crippen LogP contribution in [0.5, 0.6) is 0 Å². The minimum absolute atomic E-state index is 2.82. The molecule has 11 heavy (non-hydrogen) atoms. The van der Waals surface area contributed by atoms with Crippen LogP contribution in [-0.2, 0) is 0 Å². The van der Waals surface area contributed by atoms with Crippen molar-refractivity contribution in [2.75, 3.05) is 0 Å². The number of rotatable bonds is 2. The van der Waals surface area contributed by atoms with Crippen LogP contribution in [0.4, 0.5) is 30.7 Å². The van der Waals surface area contributed by atoms with Crippen LogP contribution in [0.25, 0.3) is 0 Å². The van der Waals surface area contributed by atoms with Gasteiger partial charge in [-0.15, -0.1) is 0 Å². The van der Waals surface area contributed by atoms with Crippen molar-refractivity contribution in [3.63, 3.8) is 0 Å². The van der Waals surface area contributed by atoms with E-state index in [2.05, 4.69) is 0 Å². The van der Waals surface area contributed by atoms with Crippen molar-refractivity contribution in [1.82, 2.24) is 0 Å². The van der Waals surface area contributed by atoms with Gasteiger partial charge in [-0.3, -0.25) is 0 Å². The molecule has 67 valence electrons. The Balaban J connectivity index is 4.13. The molecule has 0 heterocycles. The summed E-state index contributed by atoms with van der Waals surface area (Å²) in [6.45, 7) is 0. The van der Waals surface area contributed by atoms with Gasteiger partial charge in [0.15, 0.2) is 0 Å². The van der Waals surface area contributed by atoms with E-state index in [1.54, 1.807) is 0 Å². The zero-order valence-corrected chi connectivity index (χ0v) is 4.85. The zero-order chi connectivity index (χ0) is 9.28. The average Bonchev–Trinajstić information content (AvgIpc) is 1.56. The zero-order valence-electron chi connectivity index (χ0n) is 4.85. The normalized spacial score (nSPS) is 14.2. The molecule has 0 aromatic rings. The van der Waals surface area contributed by atoms with Crippen LogP contribution in [0, 0.1) is 6.43 Å². The van der Waals surface area contributed by atoms with Gasteiger partial charge in [0.1, 0.15) is 6.42 Å². The molecule has 0 N–H and O–H groups in total. The molecule has 0 amide bonds. The van der Waals surface area contributed by atoms with E-state index < -0.39 is 24.9 Å². The van der Waals surface area contributed by atoms with E-state index in [0.29, 0.717) is 0 Å². The predicted octanol–water partition coefficient (Wildman–Crippen LogP) is 3.00. The molecule has 0 aromatic carbocycles. The lowest BCUT2D eigenvalue weighted by molar-refractivity contribution is -0.198. The molecule has 0 atom stereocenters. The number of alkyl halides is 5. The molecular weight excluding hydrogens is 181 g/mol. The van der Waals surface area contributed by atoms with Gasteiger partial charge in [0.05, 0.1) is 0 Å². The highest BCUT2D eigenvalue weighted by atomic mass is 19.4. The third-order valence-electron chi connectivity index (χ3n) is 0.699. The van der Waals surface area contributed by atoms with E-state index in [9.17, 15) is 30.7 Å². The molecular formula is C4H2F7. The lowest BCUT2D eigenvalue weighted by Gasteiger charge is -2.15. The summed E-state index contributed by atoms with van der Waals surface area (Å²) in [5.74, 6) is -5.06. The molecule has 0 aromatic heterocycles. The van der Waals surface area contributed by atoms with Gasteiger partial charge in [-0.05, 0) is 0 Å². The van der Waals surface area contributed by atoms with Crippen molar-refractivity contribution < 1.29 is 30.7 Å². The number of hydrogen-bond donors (Lipinski definition) is 0. The van der Waals surface area contributed by atoms with Crippen molar-refractivity contribution in [1.29, 1.82) is 0 Å². The molecule has 0 nitrogen and oxygen atoms in total. The summed E-state index contributed by atoms with van der Waals surface area (Å²) in [4.78, 5) is 0. The van der Waals surface area contributed by atoms with Crippen LogP contribution in [-0.4, -0.2) is 12.1 Å². The van der Waals surface area contributed by atoms with Crippen molar-refractivity contribution in [3.05, 3.63) is 6.43 Å². The molecule has 0 saturated heterocycles. The Kier molecular flexibility index (Phi) is 2.74. The minimum atomic E-state index is -5.28. The van der Waals surface area contributed by atoms with E-state index in [0.717, 1.165) is 0 Å². The molecule has 0 unspecified atom stereocenters. The maximum Gasteiger partial charge on any atom is 0.395 e. The predicted molar refractivity (Wildman–Crippen MR) is 21.1 cm³/mol. The first-order valence-electron chi connectivity index (χ1n) is 2.28. The molecule has 0 saturated carbocycles. The smallest absolute Gasteiger partial charge is 0.199 e. The van der Waals surface area contributed by atoms with Gasteiger partial charge in [0, 0.05) is 0 Å². The Bertz CT molecular complexity index is 123. The Morgan fingerprint density at radius 1 is 0.909 bits per heavy atom. The summed E-state index contributed by atoms with van der Waals surface area (Å²) in [5, 5.41) is 0. The standard InChI is InChI=1S/C4H2F7/c5-2(6)3(7,8)1-4(9,10)11/h1H2. The van der Waals surface area contributed by atoms with Gasteiger partial charge in [-0.1, -0.05) is 0 Å². The second-order valence-electron chi connectivity index (χ2n) is 1.76. The second kappa shape index (κ2) is 2.86. The van der Waals surface area contributed by atoms with Crippen LogP contribution in [0.2, 0.25) is 0 Å². The first-order valence-corrected chi connectivity index (χ1v) is 2.28. The van der Waals surface area contributed by atoms with Gasteiger partial charge in [0.25, 0.3) is 0 Å². The van der Waals surface area contributed by atoms with Crippen molar-refractivity contribution in [2.45, 2.75) is 18.5 Å². The molecule has 0 fully saturated rings. The van der Waals surface area contributed by atoms with E-state index in [1.165, 1.54) is 0 Å². The van der Waals surface area contributed by atoms with Crippen LogP contribution < -0.4 is 0 Å². The van der Waals surface area contributed by atoms with E-state index in [-0.39, 0.29) is 0 Å². The molecule has 0 spiro atoms. The van der Waals surface area contributed by atoms with Crippen LogP contribution in [0.3, 0.4) is 0 Å². The molecule has 7 heteroatoms. The van der Waals surface area contributed by atoms with Crippen molar-refractivity contribution >= 4 is 0 Å². The fraction of sp³-hybridized carbons (Fsp3) is 0.750. The molecule has 0 bridgehead atoms. The van der Waals surface area contributed by atoms with Crippen LogP contribution in [0.15, 0.2) is 0 Å². The molecule has 0 aliphatic rings. The Hall–Kier alpha value is -0.490.